The highest BCUT2D eigenvalue weighted by molar-refractivity contribution is 5.83. The summed E-state index contributed by atoms with van der Waals surface area (Å²) < 4.78 is 10.4. The summed E-state index contributed by atoms with van der Waals surface area (Å²) in [4.78, 5) is 11.6. The molecule has 0 aromatic heterocycles. The van der Waals surface area contributed by atoms with Crippen molar-refractivity contribution in [1.82, 2.24) is 0 Å². The molecule has 17 heavy (non-hydrogen) atoms. The van der Waals surface area contributed by atoms with Gasteiger partial charge in [0.1, 0.15) is 6.10 Å². The van der Waals surface area contributed by atoms with E-state index in [1.54, 1.807) is 38.1 Å². The molecule has 1 aliphatic rings. The normalized spacial score (nSPS) is 26.1. The number of benzene rings is 1. The third-order valence-electron chi connectivity index (χ3n) is 2.83. The average molecular weight is 231 g/mol. The maximum atomic E-state index is 11.6. The van der Waals surface area contributed by atoms with Crippen LogP contribution < -0.4 is 0 Å². The summed E-state index contributed by atoms with van der Waals surface area (Å²) in [6.07, 6.45) is -0.269. The molecule has 1 heterocycles. The second-order valence-electron chi connectivity index (χ2n) is 4.06. The fourth-order valence-corrected chi connectivity index (χ4v) is 1.76. The Bertz CT molecular complexity index is 474. The van der Waals surface area contributed by atoms with Crippen molar-refractivity contribution in [2.45, 2.75) is 25.6 Å². The second kappa shape index (κ2) is 4.19. The Morgan fingerprint density at radius 2 is 2.18 bits per heavy atom. The highest BCUT2D eigenvalue weighted by Gasteiger charge is 2.60. The minimum atomic E-state index is -0.871. The molecule has 2 atom stereocenters. The van der Waals surface area contributed by atoms with Gasteiger partial charge in [-0.3, -0.25) is 0 Å². The van der Waals surface area contributed by atoms with Gasteiger partial charge in [0.15, 0.2) is 5.60 Å². The Labute approximate surface area is 99.8 Å². The monoisotopic (exact) mass is 231 g/mol. The van der Waals surface area contributed by atoms with Crippen LogP contribution in [0.4, 0.5) is 0 Å². The third-order valence-corrected chi connectivity index (χ3v) is 2.83. The Morgan fingerprint density at radius 3 is 2.71 bits per heavy atom. The summed E-state index contributed by atoms with van der Waals surface area (Å²) in [5, 5.41) is 8.69. The maximum absolute atomic E-state index is 11.6. The van der Waals surface area contributed by atoms with Crippen molar-refractivity contribution in [2.75, 3.05) is 6.61 Å². The van der Waals surface area contributed by atoms with Crippen LogP contribution in [0.15, 0.2) is 24.3 Å². The van der Waals surface area contributed by atoms with Gasteiger partial charge < -0.3 is 9.47 Å². The largest absolute Gasteiger partial charge is 0.464 e. The van der Waals surface area contributed by atoms with Crippen LogP contribution in [0.25, 0.3) is 0 Å². The van der Waals surface area contributed by atoms with Crippen molar-refractivity contribution < 1.29 is 14.3 Å². The molecule has 1 aromatic carbocycles. The van der Waals surface area contributed by atoms with Gasteiger partial charge in [0.2, 0.25) is 0 Å². The van der Waals surface area contributed by atoms with Crippen molar-refractivity contribution in [3.05, 3.63) is 35.4 Å². The van der Waals surface area contributed by atoms with E-state index in [1.165, 1.54) is 0 Å². The molecular weight excluding hydrogens is 218 g/mol. The molecule has 1 aromatic rings. The highest BCUT2D eigenvalue weighted by atomic mass is 16.7. The quantitative estimate of drug-likeness (QED) is 0.589. The molecule has 1 saturated heterocycles. The standard InChI is InChI=1S/C13H13NO3/c1-3-16-12(15)13(2)11(17-13)10-6-4-9(8-14)5-7-10/h4-7,11H,3H2,1-2H3/t11-,13+/m0/s1. The van der Waals surface area contributed by atoms with E-state index in [1.807, 2.05) is 6.07 Å². The van der Waals surface area contributed by atoms with Gasteiger partial charge in [0.25, 0.3) is 0 Å². The minimum absolute atomic E-state index is 0.269. The number of hydrogen-bond acceptors (Lipinski definition) is 4. The fourth-order valence-electron chi connectivity index (χ4n) is 1.76. The van der Waals surface area contributed by atoms with Crippen LogP contribution in [0.2, 0.25) is 0 Å². The molecular formula is C13H13NO3. The molecule has 1 aliphatic heterocycles. The van der Waals surface area contributed by atoms with E-state index in [2.05, 4.69) is 0 Å². The van der Waals surface area contributed by atoms with Crippen LogP contribution in [0.5, 0.6) is 0 Å². The van der Waals surface area contributed by atoms with E-state index in [9.17, 15) is 4.79 Å². The van der Waals surface area contributed by atoms with Gasteiger partial charge in [-0.2, -0.15) is 5.26 Å². The molecule has 2 rings (SSSR count). The predicted molar refractivity (Wildman–Crippen MR) is 60.0 cm³/mol. The van der Waals surface area contributed by atoms with Crippen LogP contribution in [0, 0.1) is 11.3 Å². The SMILES string of the molecule is CCOC(=O)[C@]1(C)O[C@H]1c1ccc(C#N)cc1. The summed E-state index contributed by atoms with van der Waals surface area (Å²) >= 11 is 0. The summed E-state index contributed by atoms with van der Waals surface area (Å²) in [7, 11) is 0. The van der Waals surface area contributed by atoms with E-state index in [0.29, 0.717) is 12.2 Å². The van der Waals surface area contributed by atoms with Crippen LogP contribution in [0.3, 0.4) is 0 Å². The number of nitrogens with zero attached hydrogens (tertiary/aromatic N) is 1. The molecule has 0 N–H and O–H groups in total. The first-order chi connectivity index (χ1) is 8.11. The van der Waals surface area contributed by atoms with Gasteiger partial charge in [-0.25, -0.2) is 4.79 Å². The van der Waals surface area contributed by atoms with Crippen molar-refractivity contribution in [3.8, 4) is 6.07 Å². The zero-order chi connectivity index (χ0) is 12.5. The number of rotatable bonds is 3. The molecule has 0 saturated carbocycles. The molecule has 0 aliphatic carbocycles. The molecule has 0 unspecified atom stereocenters. The first kappa shape index (κ1) is 11.6. The predicted octanol–water partition coefficient (Wildman–Crippen LogP) is 1.95. The van der Waals surface area contributed by atoms with Crippen LogP contribution in [-0.2, 0) is 14.3 Å². The van der Waals surface area contributed by atoms with E-state index >= 15 is 0 Å². The summed E-state index contributed by atoms with van der Waals surface area (Å²) in [5.74, 6) is -0.339. The highest BCUT2D eigenvalue weighted by Crippen LogP contribution is 2.50. The number of carbonyl (C=O) groups excluding carboxylic acids is 1. The van der Waals surface area contributed by atoms with Crippen molar-refractivity contribution in [1.29, 1.82) is 5.26 Å². The molecule has 0 spiro atoms. The smallest absolute Gasteiger partial charge is 0.341 e. The second-order valence-corrected chi connectivity index (χ2v) is 4.06. The lowest BCUT2D eigenvalue weighted by atomic mass is 10.0. The van der Waals surface area contributed by atoms with Crippen molar-refractivity contribution in [2.24, 2.45) is 0 Å². The van der Waals surface area contributed by atoms with E-state index in [0.717, 1.165) is 5.56 Å². The van der Waals surface area contributed by atoms with Crippen LogP contribution in [0.1, 0.15) is 31.1 Å². The van der Waals surface area contributed by atoms with Crippen molar-refractivity contribution >= 4 is 5.97 Å². The lowest BCUT2D eigenvalue weighted by Crippen LogP contribution is -2.24. The lowest BCUT2D eigenvalue weighted by molar-refractivity contribution is -0.148. The number of nitriles is 1. The number of epoxide rings is 1. The minimum Gasteiger partial charge on any atom is -0.464 e. The molecule has 0 amide bonds. The zero-order valence-electron chi connectivity index (χ0n) is 9.77. The third kappa shape index (κ3) is 2.02. The van der Waals surface area contributed by atoms with Crippen LogP contribution >= 0.6 is 0 Å². The Morgan fingerprint density at radius 1 is 1.53 bits per heavy atom. The molecule has 0 radical (unpaired) electrons. The van der Waals surface area contributed by atoms with Gasteiger partial charge in [-0.05, 0) is 31.5 Å². The molecule has 1 fully saturated rings. The Kier molecular flexibility index (Phi) is 2.86. The number of esters is 1. The lowest BCUT2D eigenvalue weighted by Gasteiger charge is -2.05. The number of hydrogen-bond donors (Lipinski definition) is 0. The zero-order valence-corrected chi connectivity index (χ0v) is 9.77. The first-order valence-corrected chi connectivity index (χ1v) is 5.47. The molecule has 4 heteroatoms. The molecule has 0 bridgehead atoms. The fraction of sp³-hybridized carbons (Fsp3) is 0.385. The number of ether oxygens (including phenoxy) is 2. The molecule has 88 valence electrons. The van der Waals surface area contributed by atoms with E-state index < -0.39 is 5.60 Å². The summed E-state index contributed by atoms with van der Waals surface area (Å²) in [5.41, 5.74) is 0.608. The average Bonchev–Trinajstić information content (AvgIpc) is 3.04. The Balaban J connectivity index is 2.11. The van der Waals surface area contributed by atoms with Crippen molar-refractivity contribution in [3.63, 3.8) is 0 Å². The Hall–Kier alpha value is -1.86. The maximum Gasteiger partial charge on any atom is 0.341 e. The van der Waals surface area contributed by atoms with Gasteiger partial charge in [0.05, 0.1) is 18.2 Å². The van der Waals surface area contributed by atoms with Gasteiger partial charge in [0, 0.05) is 0 Å². The summed E-state index contributed by atoms with van der Waals surface area (Å²) in [6.45, 7) is 3.83. The van der Waals surface area contributed by atoms with Gasteiger partial charge in [-0.15, -0.1) is 0 Å². The van der Waals surface area contributed by atoms with Gasteiger partial charge in [-0.1, -0.05) is 12.1 Å². The molecule has 4 nitrogen and oxygen atoms in total. The van der Waals surface area contributed by atoms with E-state index in [-0.39, 0.29) is 12.1 Å². The topological polar surface area (TPSA) is 62.6 Å². The van der Waals surface area contributed by atoms with Crippen LogP contribution in [-0.4, -0.2) is 18.2 Å². The summed E-state index contributed by atoms with van der Waals surface area (Å²) in [6, 6.07) is 9.07. The van der Waals surface area contributed by atoms with E-state index in [4.69, 9.17) is 14.7 Å². The first-order valence-electron chi connectivity index (χ1n) is 5.47. The van der Waals surface area contributed by atoms with Gasteiger partial charge >= 0.3 is 5.97 Å². The number of carbonyl (C=O) groups is 1.